The molecular formula is C28H34N4O2S. The Bertz CT molecular complexity index is 1090. The molecule has 7 rings (SSSR count). The van der Waals surface area contributed by atoms with Gasteiger partial charge >= 0.3 is 0 Å². The summed E-state index contributed by atoms with van der Waals surface area (Å²) in [5.74, 6) is 2.66. The number of benzene rings is 1. The highest BCUT2D eigenvalue weighted by molar-refractivity contribution is 7.10. The lowest BCUT2D eigenvalue weighted by molar-refractivity contribution is -0.120. The molecule has 2 aromatic rings. The number of carbonyl (C=O) groups excluding carboxylic acids is 1. The van der Waals surface area contributed by atoms with Gasteiger partial charge in [-0.2, -0.15) is 5.26 Å². The first-order chi connectivity index (χ1) is 17.1. The largest absolute Gasteiger partial charge is 0.495 e. The van der Waals surface area contributed by atoms with E-state index in [0.29, 0.717) is 11.6 Å². The van der Waals surface area contributed by atoms with E-state index in [2.05, 4.69) is 27.3 Å². The third-order valence-corrected chi connectivity index (χ3v) is 9.89. The van der Waals surface area contributed by atoms with Crippen molar-refractivity contribution in [1.82, 2.24) is 9.88 Å². The second-order valence-corrected chi connectivity index (χ2v) is 12.1. The molecule has 0 N–H and O–H groups in total. The van der Waals surface area contributed by atoms with Crippen molar-refractivity contribution >= 4 is 22.8 Å². The highest BCUT2D eigenvalue weighted by Crippen LogP contribution is 2.60. The molecule has 7 heteroatoms. The van der Waals surface area contributed by atoms with E-state index in [0.717, 1.165) is 55.4 Å². The second kappa shape index (κ2) is 9.22. The van der Waals surface area contributed by atoms with Crippen LogP contribution in [0.1, 0.15) is 55.1 Å². The summed E-state index contributed by atoms with van der Waals surface area (Å²) >= 11 is 1.53. The van der Waals surface area contributed by atoms with Crippen molar-refractivity contribution in [3.63, 3.8) is 0 Å². The Labute approximate surface area is 211 Å². The van der Waals surface area contributed by atoms with Gasteiger partial charge in [0.2, 0.25) is 0 Å². The van der Waals surface area contributed by atoms with Crippen molar-refractivity contribution in [2.24, 2.45) is 17.8 Å². The summed E-state index contributed by atoms with van der Waals surface area (Å²) in [4.78, 5) is 22.7. The molecule has 0 spiro atoms. The van der Waals surface area contributed by atoms with E-state index in [4.69, 9.17) is 9.72 Å². The molecule has 1 aliphatic heterocycles. The highest BCUT2D eigenvalue weighted by Gasteiger charge is 2.52. The second-order valence-electron chi connectivity index (χ2n) is 11.2. The fourth-order valence-corrected chi connectivity index (χ4v) is 8.71. The standard InChI is InChI=1S/C28H34N4O2S/c1-34-25-5-3-2-4-23(25)32-8-6-31(7-9-32)17-24(33)22(16-29)27-30-26(18-35-27)28-13-19-10-20(14-28)12-21(11-19)15-28/h2-5,18-22H,6-15,17H2,1H3. The number of Topliss-reactive ketones (excluding diaryl/α,β-unsaturated/α-hetero) is 1. The lowest BCUT2D eigenvalue weighted by Gasteiger charge is -2.56. The number of piperazine rings is 1. The number of hydrogen-bond acceptors (Lipinski definition) is 7. The van der Waals surface area contributed by atoms with Crippen LogP contribution in [0.5, 0.6) is 5.75 Å². The predicted molar refractivity (Wildman–Crippen MR) is 137 cm³/mol. The quantitative estimate of drug-likeness (QED) is 0.564. The van der Waals surface area contributed by atoms with Gasteiger partial charge in [-0.25, -0.2) is 4.98 Å². The van der Waals surface area contributed by atoms with Gasteiger partial charge in [-0.05, 0) is 68.4 Å². The SMILES string of the molecule is COc1ccccc1N1CCN(CC(=O)C(C#N)c2nc(C34CC5CC(CC(C5)C3)C4)cs2)CC1. The number of aromatic nitrogens is 1. The van der Waals surface area contributed by atoms with Crippen LogP contribution < -0.4 is 9.64 Å². The van der Waals surface area contributed by atoms with Crippen LogP contribution in [0.2, 0.25) is 0 Å². The number of carbonyl (C=O) groups is 1. The number of nitriles is 1. The van der Waals surface area contributed by atoms with Crippen molar-refractivity contribution < 1.29 is 9.53 Å². The van der Waals surface area contributed by atoms with Gasteiger partial charge in [-0.15, -0.1) is 11.3 Å². The van der Waals surface area contributed by atoms with Crippen LogP contribution in [-0.4, -0.2) is 55.5 Å². The first-order valence-corrected chi connectivity index (χ1v) is 13.9. The molecule has 184 valence electrons. The summed E-state index contributed by atoms with van der Waals surface area (Å²) in [7, 11) is 1.70. The molecule has 1 aromatic heterocycles. The zero-order valence-corrected chi connectivity index (χ0v) is 21.3. The molecule has 2 heterocycles. The van der Waals surface area contributed by atoms with Crippen molar-refractivity contribution in [2.75, 3.05) is 44.7 Å². The third kappa shape index (κ3) is 4.25. The van der Waals surface area contributed by atoms with Crippen LogP contribution in [0.4, 0.5) is 5.69 Å². The molecular weight excluding hydrogens is 456 g/mol. The number of hydrogen-bond donors (Lipinski definition) is 0. The minimum Gasteiger partial charge on any atom is -0.495 e. The van der Waals surface area contributed by atoms with E-state index in [1.165, 1.54) is 55.6 Å². The van der Waals surface area contributed by atoms with Gasteiger partial charge in [0.05, 0.1) is 31.1 Å². The molecule has 5 fully saturated rings. The van der Waals surface area contributed by atoms with E-state index in [1.807, 2.05) is 18.2 Å². The Kier molecular flexibility index (Phi) is 6.06. The molecule has 1 aromatic carbocycles. The third-order valence-electron chi connectivity index (χ3n) is 8.98. The average molecular weight is 491 g/mol. The number of thiazole rings is 1. The number of para-hydroxylation sites is 2. The lowest BCUT2D eigenvalue weighted by Crippen LogP contribution is -2.49. The molecule has 0 amide bonds. The average Bonchev–Trinajstić information content (AvgIpc) is 3.35. The monoisotopic (exact) mass is 490 g/mol. The summed E-state index contributed by atoms with van der Waals surface area (Å²) < 4.78 is 5.51. The molecule has 1 unspecified atom stereocenters. The summed E-state index contributed by atoms with van der Waals surface area (Å²) in [6.45, 7) is 3.55. The molecule has 6 nitrogen and oxygen atoms in total. The van der Waals surface area contributed by atoms with Crippen molar-refractivity contribution in [3.8, 4) is 11.8 Å². The van der Waals surface area contributed by atoms with Gasteiger partial charge in [0.15, 0.2) is 11.7 Å². The fraction of sp³-hybridized carbons (Fsp3) is 0.607. The summed E-state index contributed by atoms with van der Waals surface area (Å²) in [6.07, 6.45) is 7.97. The van der Waals surface area contributed by atoms with E-state index in [9.17, 15) is 10.1 Å². The first-order valence-electron chi connectivity index (χ1n) is 13.1. The molecule has 35 heavy (non-hydrogen) atoms. The maximum atomic E-state index is 13.2. The van der Waals surface area contributed by atoms with Crippen LogP contribution >= 0.6 is 11.3 Å². The Hall–Kier alpha value is -2.43. The highest BCUT2D eigenvalue weighted by atomic mass is 32.1. The summed E-state index contributed by atoms with van der Waals surface area (Å²) in [5.41, 5.74) is 2.48. The number of nitrogens with zero attached hydrogens (tertiary/aromatic N) is 4. The zero-order chi connectivity index (χ0) is 24.0. The molecule has 0 radical (unpaired) electrons. The van der Waals surface area contributed by atoms with E-state index in [-0.39, 0.29) is 11.2 Å². The number of rotatable bonds is 7. The summed E-state index contributed by atoms with van der Waals surface area (Å²) in [6, 6.07) is 10.4. The van der Waals surface area contributed by atoms with E-state index >= 15 is 0 Å². The van der Waals surface area contributed by atoms with Gasteiger partial charge in [-0.1, -0.05) is 12.1 Å². The van der Waals surface area contributed by atoms with Crippen molar-refractivity contribution in [3.05, 3.63) is 40.3 Å². The van der Waals surface area contributed by atoms with Crippen LogP contribution in [0.15, 0.2) is 29.6 Å². The summed E-state index contributed by atoms with van der Waals surface area (Å²) in [5, 5.41) is 12.8. The minimum absolute atomic E-state index is 0.0235. The van der Waals surface area contributed by atoms with Crippen LogP contribution in [-0.2, 0) is 10.2 Å². The van der Waals surface area contributed by atoms with Gasteiger partial charge in [0.25, 0.3) is 0 Å². The lowest BCUT2D eigenvalue weighted by atomic mass is 9.49. The Morgan fingerprint density at radius 3 is 2.43 bits per heavy atom. The van der Waals surface area contributed by atoms with Gasteiger partial charge in [-0.3, -0.25) is 9.69 Å². The molecule has 4 aliphatic carbocycles. The normalized spacial score (nSPS) is 30.7. The van der Waals surface area contributed by atoms with Gasteiger partial charge in [0.1, 0.15) is 10.8 Å². The Morgan fingerprint density at radius 1 is 1.14 bits per heavy atom. The van der Waals surface area contributed by atoms with Gasteiger partial charge in [0, 0.05) is 37.0 Å². The zero-order valence-electron chi connectivity index (χ0n) is 20.5. The van der Waals surface area contributed by atoms with Crippen LogP contribution in [0, 0.1) is 29.1 Å². The topological polar surface area (TPSA) is 69.5 Å². The van der Waals surface area contributed by atoms with Crippen LogP contribution in [0.3, 0.4) is 0 Å². The minimum atomic E-state index is -0.755. The number of ketones is 1. The van der Waals surface area contributed by atoms with Crippen molar-refractivity contribution in [2.45, 2.75) is 49.9 Å². The molecule has 4 bridgehead atoms. The number of anilines is 1. The first kappa shape index (κ1) is 23.0. The van der Waals surface area contributed by atoms with E-state index < -0.39 is 5.92 Å². The van der Waals surface area contributed by atoms with Crippen molar-refractivity contribution in [1.29, 1.82) is 5.26 Å². The fourth-order valence-electron chi connectivity index (χ4n) is 7.70. The Morgan fingerprint density at radius 2 is 1.80 bits per heavy atom. The molecule has 1 atom stereocenters. The molecule has 4 saturated carbocycles. The predicted octanol–water partition coefficient (Wildman–Crippen LogP) is 4.62. The molecule has 1 saturated heterocycles. The van der Waals surface area contributed by atoms with Gasteiger partial charge < -0.3 is 9.64 Å². The smallest absolute Gasteiger partial charge is 0.170 e. The number of ether oxygens (including phenoxy) is 1. The van der Waals surface area contributed by atoms with Crippen LogP contribution in [0.25, 0.3) is 0 Å². The van der Waals surface area contributed by atoms with E-state index in [1.54, 1.807) is 7.11 Å². The molecule has 5 aliphatic rings. The Balaban J connectivity index is 1.10. The maximum Gasteiger partial charge on any atom is 0.170 e. The maximum absolute atomic E-state index is 13.2. The number of methoxy groups -OCH3 is 1.